The molecule has 0 saturated carbocycles. The quantitative estimate of drug-likeness (QED) is 0.318. The van der Waals surface area contributed by atoms with Crippen molar-refractivity contribution in [3.05, 3.63) is 101 Å². The maximum absolute atomic E-state index is 13.9. The van der Waals surface area contributed by atoms with Gasteiger partial charge in [-0.25, -0.2) is 4.98 Å². The summed E-state index contributed by atoms with van der Waals surface area (Å²) in [5.41, 5.74) is 11.1. The summed E-state index contributed by atoms with van der Waals surface area (Å²) >= 11 is 0. The van der Waals surface area contributed by atoms with E-state index >= 15 is 0 Å². The van der Waals surface area contributed by atoms with Gasteiger partial charge in [0.25, 0.3) is 5.91 Å². The molecular formula is C30H36N4O. The van der Waals surface area contributed by atoms with E-state index in [0.717, 1.165) is 29.7 Å². The summed E-state index contributed by atoms with van der Waals surface area (Å²) in [5, 5.41) is 0. The summed E-state index contributed by atoms with van der Waals surface area (Å²) < 4.78 is 2.28. The zero-order chi connectivity index (χ0) is 24.8. The fraction of sp³-hybridized carbons (Fsp3) is 0.333. The molecule has 0 fully saturated rings. The molecule has 5 heteroatoms. The van der Waals surface area contributed by atoms with Crippen molar-refractivity contribution in [2.75, 3.05) is 13.1 Å². The monoisotopic (exact) mass is 468 g/mol. The molecule has 0 aliphatic carbocycles. The second kappa shape index (κ2) is 11.3. The Labute approximate surface area is 208 Å². The van der Waals surface area contributed by atoms with Gasteiger partial charge in [-0.1, -0.05) is 75.4 Å². The maximum atomic E-state index is 13.9. The highest BCUT2D eigenvalue weighted by molar-refractivity contribution is 5.94. The number of nitrogens with two attached hydrogens (primary N) is 1. The number of nitrogens with zero attached hydrogens (tertiary/aromatic N) is 3. The van der Waals surface area contributed by atoms with Crippen molar-refractivity contribution in [1.82, 2.24) is 14.5 Å². The fourth-order valence-electron chi connectivity index (χ4n) is 4.73. The number of carbonyl (C=O) groups is 1. The highest BCUT2D eigenvalue weighted by Crippen LogP contribution is 2.33. The van der Waals surface area contributed by atoms with Gasteiger partial charge in [-0.3, -0.25) is 4.79 Å². The van der Waals surface area contributed by atoms with E-state index in [0.29, 0.717) is 25.2 Å². The molecule has 0 radical (unpaired) electrons. The third-order valence-corrected chi connectivity index (χ3v) is 6.57. The molecule has 1 unspecified atom stereocenters. The number of amides is 1. The first-order valence-electron chi connectivity index (χ1n) is 12.6. The van der Waals surface area contributed by atoms with Crippen LogP contribution in [0, 0.1) is 5.92 Å². The number of imidazole rings is 1. The van der Waals surface area contributed by atoms with E-state index in [2.05, 4.69) is 55.7 Å². The van der Waals surface area contributed by atoms with Gasteiger partial charge in [-0.2, -0.15) is 0 Å². The standard InChI is InChI=1S/C30H36N4O/c1-4-23-15-17-25(18-16-23)30(35)33(20-10-19-31)28(22(2)3)29-32-26-13-8-9-14-27(26)34(29)21-24-11-6-5-7-12-24/h5-9,11-18,22,28H,4,10,19-21,31H2,1-3H3. The average Bonchev–Trinajstić information content (AvgIpc) is 3.24. The number of rotatable bonds is 10. The zero-order valence-corrected chi connectivity index (χ0v) is 21.0. The van der Waals surface area contributed by atoms with Crippen LogP contribution in [0.4, 0.5) is 0 Å². The normalized spacial score (nSPS) is 12.3. The Hall–Kier alpha value is -3.44. The van der Waals surface area contributed by atoms with Gasteiger partial charge in [0.15, 0.2) is 0 Å². The Balaban J connectivity index is 1.81. The molecule has 35 heavy (non-hydrogen) atoms. The summed E-state index contributed by atoms with van der Waals surface area (Å²) in [7, 11) is 0. The van der Waals surface area contributed by atoms with E-state index in [9.17, 15) is 4.79 Å². The van der Waals surface area contributed by atoms with Crippen molar-refractivity contribution < 1.29 is 4.79 Å². The number of carbonyl (C=O) groups excluding carboxylic acids is 1. The van der Waals surface area contributed by atoms with Gasteiger partial charge in [0, 0.05) is 18.7 Å². The van der Waals surface area contributed by atoms with Crippen LogP contribution in [0.1, 0.15) is 60.5 Å². The summed E-state index contributed by atoms with van der Waals surface area (Å²) in [6.45, 7) is 8.27. The molecule has 3 aromatic carbocycles. The number of fused-ring (bicyclic) bond motifs is 1. The highest BCUT2D eigenvalue weighted by atomic mass is 16.2. The molecule has 1 atom stereocenters. The first-order valence-corrected chi connectivity index (χ1v) is 12.6. The number of aryl methyl sites for hydroxylation is 1. The lowest BCUT2D eigenvalue weighted by atomic mass is 9.99. The molecule has 5 nitrogen and oxygen atoms in total. The van der Waals surface area contributed by atoms with E-state index in [-0.39, 0.29) is 17.9 Å². The van der Waals surface area contributed by atoms with E-state index in [1.807, 2.05) is 53.4 Å². The molecule has 4 rings (SSSR count). The molecule has 1 aromatic heterocycles. The molecule has 0 aliphatic rings. The lowest BCUT2D eigenvalue weighted by Gasteiger charge is -2.34. The van der Waals surface area contributed by atoms with E-state index < -0.39 is 0 Å². The van der Waals surface area contributed by atoms with Crippen LogP contribution in [0.5, 0.6) is 0 Å². The lowest BCUT2D eigenvalue weighted by Crippen LogP contribution is -2.40. The van der Waals surface area contributed by atoms with Crippen molar-refractivity contribution >= 4 is 16.9 Å². The summed E-state index contributed by atoms with van der Waals surface area (Å²) in [5.74, 6) is 1.11. The van der Waals surface area contributed by atoms with Crippen LogP contribution < -0.4 is 5.73 Å². The van der Waals surface area contributed by atoms with E-state index in [1.54, 1.807) is 0 Å². The van der Waals surface area contributed by atoms with Crippen LogP contribution in [0.3, 0.4) is 0 Å². The topological polar surface area (TPSA) is 64.2 Å². The number of hydrogen-bond donors (Lipinski definition) is 1. The first-order chi connectivity index (χ1) is 17.0. The molecule has 0 bridgehead atoms. The predicted molar refractivity (Wildman–Crippen MR) is 143 cm³/mol. The smallest absolute Gasteiger partial charge is 0.254 e. The Kier molecular flexibility index (Phi) is 7.98. The fourth-order valence-corrected chi connectivity index (χ4v) is 4.73. The van der Waals surface area contributed by atoms with Crippen molar-refractivity contribution in [2.24, 2.45) is 11.7 Å². The zero-order valence-electron chi connectivity index (χ0n) is 21.0. The van der Waals surface area contributed by atoms with Crippen LogP contribution in [-0.4, -0.2) is 33.4 Å². The molecule has 1 heterocycles. The minimum atomic E-state index is -0.184. The second-order valence-electron chi connectivity index (χ2n) is 9.41. The van der Waals surface area contributed by atoms with E-state index in [1.165, 1.54) is 11.1 Å². The Bertz CT molecular complexity index is 1240. The van der Waals surface area contributed by atoms with E-state index in [4.69, 9.17) is 10.7 Å². The lowest BCUT2D eigenvalue weighted by molar-refractivity contribution is 0.0605. The molecule has 0 saturated heterocycles. The van der Waals surface area contributed by atoms with Crippen LogP contribution in [0.2, 0.25) is 0 Å². The number of para-hydroxylation sites is 2. The number of hydrogen-bond acceptors (Lipinski definition) is 3. The van der Waals surface area contributed by atoms with Crippen molar-refractivity contribution in [3.8, 4) is 0 Å². The van der Waals surface area contributed by atoms with Crippen LogP contribution in [-0.2, 0) is 13.0 Å². The number of benzene rings is 3. The maximum Gasteiger partial charge on any atom is 0.254 e. The molecular weight excluding hydrogens is 432 g/mol. The molecule has 1 amide bonds. The first kappa shape index (κ1) is 24.7. The van der Waals surface area contributed by atoms with Gasteiger partial charge in [0.1, 0.15) is 5.82 Å². The van der Waals surface area contributed by atoms with Gasteiger partial charge in [0.05, 0.1) is 17.1 Å². The van der Waals surface area contributed by atoms with Gasteiger partial charge in [-0.05, 0) is 60.7 Å². The second-order valence-corrected chi connectivity index (χ2v) is 9.41. The van der Waals surface area contributed by atoms with Crippen molar-refractivity contribution in [1.29, 1.82) is 0 Å². The van der Waals surface area contributed by atoms with Gasteiger partial charge >= 0.3 is 0 Å². The van der Waals surface area contributed by atoms with Crippen molar-refractivity contribution in [3.63, 3.8) is 0 Å². The highest BCUT2D eigenvalue weighted by Gasteiger charge is 2.32. The largest absolute Gasteiger partial charge is 0.330 e. The Morgan fingerprint density at radius 3 is 2.29 bits per heavy atom. The molecule has 4 aromatic rings. The summed E-state index contributed by atoms with van der Waals surface area (Å²) in [6, 6.07) is 26.4. The SMILES string of the molecule is CCc1ccc(C(=O)N(CCCN)C(c2nc3ccccc3n2Cc2ccccc2)C(C)C)cc1. The molecule has 0 spiro atoms. The van der Waals surface area contributed by atoms with Gasteiger partial charge < -0.3 is 15.2 Å². The number of aromatic nitrogens is 2. The minimum Gasteiger partial charge on any atom is -0.330 e. The van der Waals surface area contributed by atoms with Crippen LogP contribution >= 0.6 is 0 Å². The minimum absolute atomic E-state index is 0.0260. The van der Waals surface area contributed by atoms with Crippen molar-refractivity contribution in [2.45, 2.75) is 46.2 Å². The predicted octanol–water partition coefficient (Wildman–Crippen LogP) is 5.84. The van der Waals surface area contributed by atoms with Gasteiger partial charge in [-0.15, -0.1) is 0 Å². The van der Waals surface area contributed by atoms with Crippen LogP contribution in [0.25, 0.3) is 11.0 Å². The van der Waals surface area contributed by atoms with Gasteiger partial charge in [0.2, 0.25) is 0 Å². The van der Waals surface area contributed by atoms with Crippen LogP contribution in [0.15, 0.2) is 78.9 Å². The molecule has 0 aliphatic heterocycles. The summed E-state index contributed by atoms with van der Waals surface area (Å²) in [6.07, 6.45) is 1.68. The third-order valence-electron chi connectivity index (χ3n) is 6.57. The average molecular weight is 469 g/mol. The third kappa shape index (κ3) is 5.46. The molecule has 182 valence electrons. The summed E-state index contributed by atoms with van der Waals surface area (Å²) in [4.78, 5) is 21.0. The Morgan fingerprint density at radius 2 is 1.63 bits per heavy atom. The molecule has 2 N–H and O–H groups in total. The Morgan fingerprint density at radius 1 is 0.943 bits per heavy atom.